The number of carbonyl (C=O) groups excluding carboxylic acids is 1. The monoisotopic (exact) mass is 505 g/mol. The number of carbonyl (C=O) groups is 1. The highest BCUT2D eigenvalue weighted by Gasteiger charge is 2.42. The van der Waals surface area contributed by atoms with Crippen LogP contribution in [0, 0.1) is 17.0 Å². The van der Waals surface area contributed by atoms with Gasteiger partial charge in [-0.1, -0.05) is 30.3 Å². The molecule has 5 nitrogen and oxygen atoms in total. The summed E-state index contributed by atoms with van der Waals surface area (Å²) in [5.74, 6) is -1.20. The zero-order valence-corrected chi connectivity index (χ0v) is 21.4. The van der Waals surface area contributed by atoms with Crippen LogP contribution in [0.15, 0.2) is 60.2 Å². The van der Waals surface area contributed by atoms with Gasteiger partial charge >= 0.3 is 0 Å². The van der Waals surface area contributed by atoms with Gasteiger partial charge in [0, 0.05) is 0 Å². The predicted molar refractivity (Wildman–Crippen MR) is 140 cm³/mol. The molecule has 0 saturated heterocycles. The fraction of sp³-hybridized carbons (Fsp3) is 0.233. The standard InChI is InChI=1S/C30H29F2NO4/c1-17-20(11-19-12-25(35-3)28(37-5)26(13-19)36-4)21-14-23(31)24(32)15-22(21)27(17)30(2,29(33)34)16-18-9-7-6-8-10-18/h6-15H,16H2,1-5H3,(H2,33,34). The zero-order valence-electron chi connectivity index (χ0n) is 21.4. The highest BCUT2D eigenvalue weighted by molar-refractivity contribution is 6.11. The lowest BCUT2D eigenvalue weighted by Crippen LogP contribution is -2.37. The molecule has 0 fully saturated rings. The molecule has 4 rings (SSSR count). The number of ether oxygens (including phenoxy) is 3. The lowest BCUT2D eigenvalue weighted by atomic mass is 9.73. The van der Waals surface area contributed by atoms with Gasteiger partial charge < -0.3 is 19.9 Å². The lowest BCUT2D eigenvalue weighted by Gasteiger charge is -2.29. The second-order valence-corrected chi connectivity index (χ2v) is 9.19. The van der Waals surface area contributed by atoms with Crippen molar-refractivity contribution in [1.82, 2.24) is 0 Å². The van der Waals surface area contributed by atoms with Crippen LogP contribution < -0.4 is 19.9 Å². The Labute approximate surface area is 215 Å². The zero-order chi connectivity index (χ0) is 26.9. The van der Waals surface area contributed by atoms with Crippen molar-refractivity contribution in [2.45, 2.75) is 20.3 Å². The maximum Gasteiger partial charge on any atom is 0.228 e. The number of amides is 1. The van der Waals surface area contributed by atoms with E-state index in [-0.39, 0.29) is 0 Å². The van der Waals surface area contributed by atoms with Crippen LogP contribution in [0.4, 0.5) is 8.78 Å². The van der Waals surface area contributed by atoms with Crippen LogP contribution in [0.25, 0.3) is 17.2 Å². The Bertz CT molecular complexity index is 1400. The molecule has 0 heterocycles. The Kier molecular flexibility index (Phi) is 7.07. The van der Waals surface area contributed by atoms with E-state index in [1.165, 1.54) is 21.3 Å². The van der Waals surface area contributed by atoms with Gasteiger partial charge in [-0.2, -0.15) is 0 Å². The minimum Gasteiger partial charge on any atom is -0.493 e. The van der Waals surface area contributed by atoms with Gasteiger partial charge in [0.15, 0.2) is 23.1 Å². The summed E-state index contributed by atoms with van der Waals surface area (Å²) in [7, 11) is 4.55. The molecule has 3 aromatic carbocycles. The van der Waals surface area contributed by atoms with Crippen LogP contribution in [0.5, 0.6) is 17.2 Å². The summed E-state index contributed by atoms with van der Waals surface area (Å²) in [6, 6.07) is 15.3. The molecule has 37 heavy (non-hydrogen) atoms. The van der Waals surface area contributed by atoms with E-state index in [1.807, 2.05) is 43.3 Å². The fourth-order valence-corrected chi connectivity index (χ4v) is 5.07. The van der Waals surface area contributed by atoms with Gasteiger partial charge in [0.05, 0.1) is 26.7 Å². The maximum absolute atomic E-state index is 14.5. The second-order valence-electron chi connectivity index (χ2n) is 9.19. The van der Waals surface area contributed by atoms with Crippen molar-refractivity contribution in [3.05, 3.63) is 94.1 Å². The smallest absolute Gasteiger partial charge is 0.228 e. The Morgan fingerprint density at radius 1 is 0.919 bits per heavy atom. The highest BCUT2D eigenvalue weighted by atomic mass is 19.2. The summed E-state index contributed by atoms with van der Waals surface area (Å²) in [5, 5.41) is 0. The van der Waals surface area contributed by atoms with Crippen LogP contribution in [-0.2, 0) is 11.2 Å². The number of hydrogen-bond donors (Lipinski definition) is 1. The first-order valence-electron chi connectivity index (χ1n) is 11.7. The molecule has 1 aliphatic carbocycles. The van der Waals surface area contributed by atoms with Crippen molar-refractivity contribution in [2.24, 2.45) is 11.1 Å². The Balaban J connectivity index is 1.97. The molecule has 192 valence electrons. The van der Waals surface area contributed by atoms with Gasteiger partial charge in [0.2, 0.25) is 11.7 Å². The van der Waals surface area contributed by atoms with E-state index in [0.29, 0.717) is 57.1 Å². The molecule has 0 saturated carbocycles. The number of primary amides is 1. The van der Waals surface area contributed by atoms with Crippen molar-refractivity contribution >= 4 is 23.1 Å². The molecular formula is C30H29F2NO4. The second kappa shape index (κ2) is 10.1. The van der Waals surface area contributed by atoms with E-state index in [9.17, 15) is 13.6 Å². The first-order valence-corrected chi connectivity index (χ1v) is 11.7. The molecule has 0 aromatic heterocycles. The van der Waals surface area contributed by atoms with Crippen LogP contribution >= 0.6 is 0 Å². The molecular weight excluding hydrogens is 476 g/mol. The van der Waals surface area contributed by atoms with E-state index in [0.717, 1.165) is 17.7 Å². The topological polar surface area (TPSA) is 70.8 Å². The van der Waals surface area contributed by atoms with E-state index in [4.69, 9.17) is 19.9 Å². The fourth-order valence-electron chi connectivity index (χ4n) is 5.07. The van der Waals surface area contributed by atoms with Crippen LogP contribution in [0.3, 0.4) is 0 Å². The molecule has 1 unspecified atom stereocenters. The number of halogens is 2. The molecule has 2 N–H and O–H groups in total. The summed E-state index contributed by atoms with van der Waals surface area (Å²) in [6.07, 6.45) is 2.12. The SMILES string of the molecule is COc1cc(C=C2C(C)=C(C(C)(Cc3ccccc3)C(N)=O)c3cc(F)c(F)cc32)cc(OC)c1OC. The van der Waals surface area contributed by atoms with Crippen LogP contribution in [-0.4, -0.2) is 27.2 Å². The van der Waals surface area contributed by atoms with Gasteiger partial charge in [0.1, 0.15) is 0 Å². The first-order chi connectivity index (χ1) is 17.6. The molecule has 0 aliphatic heterocycles. The third kappa shape index (κ3) is 4.57. The average molecular weight is 506 g/mol. The molecule has 0 radical (unpaired) electrons. The summed E-state index contributed by atoms with van der Waals surface area (Å²) in [5.41, 5.74) is 9.20. The van der Waals surface area contributed by atoms with Gasteiger partial charge in [-0.25, -0.2) is 8.78 Å². The summed E-state index contributed by atoms with van der Waals surface area (Å²) in [6.45, 7) is 3.58. The Hall–Kier alpha value is -4.13. The van der Waals surface area contributed by atoms with Crippen LogP contribution in [0.2, 0.25) is 0 Å². The van der Waals surface area contributed by atoms with Gasteiger partial charge in [-0.3, -0.25) is 4.79 Å². The van der Waals surface area contributed by atoms with Gasteiger partial charge in [0.25, 0.3) is 0 Å². The van der Waals surface area contributed by atoms with Crippen molar-refractivity contribution in [2.75, 3.05) is 21.3 Å². The molecule has 0 bridgehead atoms. The van der Waals surface area contributed by atoms with E-state index < -0.39 is 23.0 Å². The van der Waals surface area contributed by atoms with Crippen LogP contribution in [0.1, 0.15) is 36.1 Å². The molecule has 1 atom stereocenters. The number of methoxy groups -OCH3 is 3. The average Bonchev–Trinajstić information content (AvgIpc) is 3.14. The molecule has 3 aromatic rings. The Morgan fingerprint density at radius 2 is 1.49 bits per heavy atom. The highest BCUT2D eigenvalue weighted by Crippen LogP contribution is 2.52. The van der Waals surface area contributed by atoms with E-state index in [1.54, 1.807) is 19.1 Å². The van der Waals surface area contributed by atoms with Crippen molar-refractivity contribution in [3.8, 4) is 17.2 Å². The molecule has 0 spiro atoms. The number of hydrogen-bond acceptors (Lipinski definition) is 4. The number of allylic oxidation sites excluding steroid dienone is 2. The summed E-state index contributed by atoms with van der Waals surface area (Å²) >= 11 is 0. The summed E-state index contributed by atoms with van der Waals surface area (Å²) < 4.78 is 45.4. The van der Waals surface area contributed by atoms with Crippen molar-refractivity contribution < 1.29 is 27.8 Å². The Morgan fingerprint density at radius 3 is 2.00 bits per heavy atom. The van der Waals surface area contributed by atoms with E-state index >= 15 is 0 Å². The lowest BCUT2D eigenvalue weighted by molar-refractivity contribution is -0.124. The van der Waals surface area contributed by atoms with Crippen molar-refractivity contribution in [1.29, 1.82) is 0 Å². The third-order valence-electron chi connectivity index (χ3n) is 6.89. The maximum atomic E-state index is 14.5. The van der Waals surface area contributed by atoms with Gasteiger partial charge in [-0.15, -0.1) is 0 Å². The molecule has 1 aliphatic rings. The number of nitrogens with two attached hydrogens (primary N) is 1. The third-order valence-corrected chi connectivity index (χ3v) is 6.89. The van der Waals surface area contributed by atoms with Gasteiger partial charge in [-0.05, 0) is 89.6 Å². The minimum absolute atomic E-state index is 0.297. The number of fused-ring (bicyclic) bond motifs is 1. The quantitative estimate of drug-likeness (QED) is 0.405. The largest absolute Gasteiger partial charge is 0.493 e. The minimum atomic E-state index is -1.19. The van der Waals surface area contributed by atoms with E-state index in [2.05, 4.69) is 0 Å². The van der Waals surface area contributed by atoms with Crippen molar-refractivity contribution in [3.63, 3.8) is 0 Å². The number of rotatable bonds is 8. The normalized spacial score (nSPS) is 15.4. The first kappa shape index (κ1) is 25.9. The molecule has 7 heteroatoms. The summed E-state index contributed by atoms with van der Waals surface area (Å²) in [4.78, 5) is 13.0. The molecule has 1 amide bonds. The number of benzene rings is 3. The predicted octanol–water partition coefficient (Wildman–Crippen LogP) is 6.05.